The molecular formula is C15H25N3O. The summed E-state index contributed by atoms with van der Waals surface area (Å²) in [7, 11) is 0. The summed E-state index contributed by atoms with van der Waals surface area (Å²) in [6, 6.07) is 3.90. The zero-order valence-electron chi connectivity index (χ0n) is 11.8. The highest BCUT2D eigenvalue weighted by Crippen LogP contribution is 2.21. The van der Waals surface area contributed by atoms with Crippen LogP contribution >= 0.6 is 0 Å². The number of ether oxygens (including phenoxy) is 1. The van der Waals surface area contributed by atoms with E-state index in [2.05, 4.69) is 22.5 Å². The molecule has 1 aliphatic heterocycles. The van der Waals surface area contributed by atoms with E-state index in [0.717, 1.165) is 43.6 Å². The number of piperidine rings is 1. The summed E-state index contributed by atoms with van der Waals surface area (Å²) < 4.78 is 5.69. The molecule has 1 aromatic rings. The van der Waals surface area contributed by atoms with Crippen LogP contribution in [-0.4, -0.2) is 31.2 Å². The van der Waals surface area contributed by atoms with Gasteiger partial charge in [-0.2, -0.15) is 0 Å². The number of anilines is 1. The molecule has 106 valence electrons. The van der Waals surface area contributed by atoms with Crippen LogP contribution in [-0.2, 0) is 0 Å². The average molecular weight is 263 g/mol. The van der Waals surface area contributed by atoms with Crippen LogP contribution in [0.3, 0.4) is 0 Å². The lowest BCUT2D eigenvalue weighted by Crippen LogP contribution is -2.30. The standard InChI is InChI=1S/C15H25N3O/c1-2-11-19-14-6-4-9-17-15(14)18-10-7-13-5-3-8-16-12-13/h4,6,9,13,16H,2-3,5,7-8,10-12H2,1H3,(H,17,18). The lowest BCUT2D eigenvalue weighted by molar-refractivity contribution is 0.317. The highest BCUT2D eigenvalue weighted by molar-refractivity contribution is 5.49. The minimum atomic E-state index is 0.743. The second-order valence-electron chi connectivity index (χ2n) is 5.13. The van der Waals surface area contributed by atoms with Crippen LogP contribution in [0.25, 0.3) is 0 Å². The Balaban J connectivity index is 1.77. The number of pyridine rings is 1. The van der Waals surface area contributed by atoms with Gasteiger partial charge in [-0.3, -0.25) is 0 Å². The molecule has 2 N–H and O–H groups in total. The fraction of sp³-hybridized carbons (Fsp3) is 0.667. The van der Waals surface area contributed by atoms with Gasteiger partial charge in [0.1, 0.15) is 0 Å². The molecule has 0 aliphatic carbocycles. The molecule has 0 saturated carbocycles. The molecule has 0 amide bonds. The van der Waals surface area contributed by atoms with Crippen LogP contribution in [0.15, 0.2) is 18.3 Å². The summed E-state index contributed by atoms with van der Waals surface area (Å²) in [5, 5.41) is 6.86. The number of rotatable bonds is 7. The van der Waals surface area contributed by atoms with Crippen molar-refractivity contribution in [2.45, 2.75) is 32.6 Å². The first-order valence-corrected chi connectivity index (χ1v) is 7.42. The normalized spacial score (nSPS) is 19.1. The minimum Gasteiger partial charge on any atom is -0.490 e. The molecule has 1 saturated heterocycles. The van der Waals surface area contributed by atoms with Crippen molar-refractivity contribution in [1.29, 1.82) is 0 Å². The molecule has 19 heavy (non-hydrogen) atoms. The molecule has 1 aliphatic rings. The third-order valence-corrected chi connectivity index (χ3v) is 3.48. The number of aromatic nitrogens is 1. The molecule has 0 radical (unpaired) electrons. The van der Waals surface area contributed by atoms with Crippen molar-refractivity contribution < 1.29 is 4.74 Å². The van der Waals surface area contributed by atoms with Crippen LogP contribution in [0.2, 0.25) is 0 Å². The number of hydrogen-bond donors (Lipinski definition) is 2. The molecule has 4 heteroatoms. The van der Waals surface area contributed by atoms with Gasteiger partial charge in [0.25, 0.3) is 0 Å². The van der Waals surface area contributed by atoms with Gasteiger partial charge in [-0.05, 0) is 56.8 Å². The molecule has 1 fully saturated rings. The molecule has 1 atom stereocenters. The summed E-state index contributed by atoms with van der Waals surface area (Å²) in [6.07, 6.45) is 6.66. The first-order chi connectivity index (χ1) is 9.40. The molecule has 0 spiro atoms. The smallest absolute Gasteiger partial charge is 0.168 e. The lowest BCUT2D eigenvalue weighted by atomic mass is 9.96. The van der Waals surface area contributed by atoms with Gasteiger partial charge in [0.05, 0.1) is 6.61 Å². The van der Waals surface area contributed by atoms with Gasteiger partial charge < -0.3 is 15.4 Å². The number of hydrogen-bond acceptors (Lipinski definition) is 4. The van der Waals surface area contributed by atoms with Gasteiger partial charge in [0.15, 0.2) is 11.6 Å². The van der Waals surface area contributed by atoms with Crippen LogP contribution in [0.5, 0.6) is 5.75 Å². The maximum atomic E-state index is 5.69. The van der Waals surface area contributed by atoms with Gasteiger partial charge in [-0.15, -0.1) is 0 Å². The van der Waals surface area contributed by atoms with Crippen LogP contribution in [0, 0.1) is 5.92 Å². The van der Waals surface area contributed by atoms with E-state index in [1.807, 2.05) is 18.3 Å². The van der Waals surface area contributed by atoms with Crippen molar-refractivity contribution in [2.24, 2.45) is 5.92 Å². The van der Waals surface area contributed by atoms with Crippen LogP contribution < -0.4 is 15.4 Å². The Kier molecular flexibility index (Phi) is 5.95. The fourth-order valence-corrected chi connectivity index (χ4v) is 2.42. The average Bonchev–Trinajstić information content (AvgIpc) is 2.47. The van der Waals surface area contributed by atoms with E-state index in [1.165, 1.54) is 25.8 Å². The first kappa shape index (κ1) is 14.1. The van der Waals surface area contributed by atoms with Crippen molar-refractivity contribution in [2.75, 3.05) is 31.6 Å². The summed E-state index contributed by atoms with van der Waals surface area (Å²) in [4.78, 5) is 4.36. The van der Waals surface area contributed by atoms with E-state index in [4.69, 9.17) is 4.74 Å². The van der Waals surface area contributed by atoms with E-state index in [9.17, 15) is 0 Å². The van der Waals surface area contributed by atoms with Crippen molar-refractivity contribution in [1.82, 2.24) is 10.3 Å². The first-order valence-electron chi connectivity index (χ1n) is 7.42. The zero-order valence-corrected chi connectivity index (χ0v) is 11.8. The lowest BCUT2D eigenvalue weighted by Gasteiger charge is -2.22. The monoisotopic (exact) mass is 263 g/mol. The second-order valence-corrected chi connectivity index (χ2v) is 5.13. The molecule has 2 rings (SSSR count). The number of nitrogens with one attached hydrogen (secondary N) is 2. The quantitative estimate of drug-likeness (QED) is 0.794. The Morgan fingerprint density at radius 3 is 3.26 bits per heavy atom. The van der Waals surface area contributed by atoms with E-state index in [1.54, 1.807) is 0 Å². The largest absolute Gasteiger partial charge is 0.490 e. The third kappa shape index (κ3) is 4.71. The van der Waals surface area contributed by atoms with Gasteiger partial charge in [-0.25, -0.2) is 4.98 Å². The van der Waals surface area contributed by atoms with Crippen molar-refractivity contribution in [3.05, 3.63) is 18.3 Å². The molecule has 0 bridgehead atoms. The maximum absolute atomic E-state index is 5.69. The summed E-state index contributed by atoms with van der Waals surface area (Å²) in [5.41, 5.74) is 0. The molecule has 1 aromatic heterocycles. The van der Waals surface area contributed by atoms with E-state index < -0.39 is 0 Å². The predicted molar refractivity (Wildman–Crippen MR) is 78.7 cm³/mol. The summed E-state index contributed by atoms with van der Waals surface area (Å²) in [5.74, 6) is 2.54. The highest BCUT2D eigenvalue weighted by atomic mass is 16.5. The van der Waals surface area contributed by atoms with Crippen molar-refractivity contribution in [3.8, 4) is 5.75 Å². The van der Waals surface area contributed by atoms with Crippen molar-refractivity contribution >= 4 is 5.82 Å². The summed E-state index contributed by atoms with van der Waals surface area (Å²) in [6.45, 7) is 6.15. The highest BCUT2D eigenvalue weighted by Gasteiger charge is 2.12. The summed E-state index contributed by atoms with van der Waals surface area (Å²) >= 11 is 0. The Morgan fingerprint density at radius 2 is 2.47 bits per heavy atom. The Hall–Kier alpha value is -1.29. The Labute approximate surface area is 116 Å². The van der Waals surface area contributed by atoms with E-state index >= 15 is 0 Å². The Morgan fingerprint density at radius 1 is 1.53 bits per heavy atom. The minimum absolute atomic E-state index is 0.743. The topological polar surface area (TPSA) is 46.2 Å². The van der Waals surface area contributed by atoms with E-state index in [0.29, 0.717) is 0 Å². The molecular weight excluding hydrogens is 238 g/mol. The third-order valence-electron chi connectivity index (χ3n) is 3.48. The molecule has 0 aromatic carbocycles. The van der Waals surface area contributed by atoms with Gasteiger partial charge in [-0.1, -0.05) is 6.92 Å². The molecule has 4 nitrogen and oxygen atoms in total. The number of nitrogens with zero attached hydrogens (tertiary/aromatic N) is 1. The van der Waals surface area contributed by atoms with Crippen LogP contribution in [0.4, 0.5) is 5.82 Å². The van der Waals surface area contributed by atoms with Gasteiger partial charge >= 0.3 is 0 Å². The van der Waals surface area contributed by atoms with Gasteiger partial charge in [0.2, 0.25) is 0 Å². The van der Waals surface area contributed by atoms with Crippen molar-refractivity contribution in [3.63, 3.8) is 0 Å². The second kappa shape index (κ2) is 8.00. The molecule has 2 heterocycles. The van der Waals surface area contributed by atoms with Crippen LogP contribution in [0.1, 0.15) is 32.6 Å². The van der Waals surface area contributed by atoms with Gasteiger partial charge in [0, 0.05) is 12.7 Å². The maximum Gasteiger partial charge on any atom is 0.168 e. The van der Waals surface area contributed by atoms with E-state index in [-0.39, 0.29) is 0 Å². The fourth-order valence-electron chi connectivity index (χ4n) is 2.42. The predicted octanol–water partition coefficient (Wildman–Crippen LogP) is 2.67. The molecule has 1 unspecified atom stereocenters. The zero-order chi connectivity index (χ0) is 13.3. The Bertz CT molecular complexity index is 364. The SMILES string of the molecule is CCCOc1cccnc1NCCC1CCCNC1.